The molecule has 2 heterocycles. The summed E-state index contributed by atoms with van der Waals surface area (Å²) in [5.74, 6) is 0.831. The molecule has 2 aromatic heterocycles. The summed E-state index contributed by atoms with van der Waals surface area (Å²) in [6, 6.07) is 17.0. The van der Waals surface area contributed by atoms with Crippen molar-refractivity contribution in [3.8, 4) is 27.6 Å². The molecule has 0 aliphatic rings. The summed E-state index contributed by atoms with van der Waals surface area (Å²) in [6.07, 6.45) is 0. The van der Waals surface area contributed by atoms with Gasteiger partial charge in [-0.25, -0.2) is 10.1 Å². The van der Waals surface area contributed by atoms with Crippen LogP contribution >= 0.6 is 11.3 Å². The maximum atomic E-state index is 11.1. The van der Waals surface area contributed by atoms with Gasteiger partial charge in [0.05, 0.1) is 23.0 Å². The second kappa shape index (κ2) is 5.90. The van der Waals surface area contributed by atoms with E-state index in [4.69, 9.17) is 4.74 Å². The third kappa shape index (κ3) is 2.68. The molecule has 4 rings (SSSR count). The summed E-state index contributed by atoms with van der Waals surface area (Å²) in [4.78, 5) is 15.8. The Morgan fingerprint density at radius 2 is 1.79 bits per heavy atom. The lowest BCUT2D eigenvalue weighted by atomic mass is 10.1. The number of rotatable bonds is 3. The Labute approximate surface area is 141 Å². The van der Waals surface area contributed by atoms with Crippen LogP contribution in [-0.2, 0) is 0 Å². The van der Waals surface area contributed by atoms with Crippen LogP contribution in [0, 0.1) is 0 Å². The zero-order valence-electron chi connectivity index (χ0n) is 12.8. The fraction of sp³-hybridized carbons (Fsp3) is 0.0556. The minimum absolute atomic E-state index is 0.208. The highest BCUT2D eigenvalue weighted by molar-refractivity contribution is 7.21. The van der Waals surface area contributed by atoms with Crippen molar-refractivity contribution in [3.63, 3.8) is 0 Å². The molecule has 0 amide bonds. The lowest BCUT2D eigenvalue weighted by molar-refractivity contribution is 0.415. The molecule has 1 N–H and O–H groups in total. The molecule has 0 spiro atoms. The van der Waals surface area contributed by atoms with Gasteiger partial charge in [0.2, 0.25) is 0 Å². The maximum Gasteiger partial charge on any atom is 0.264 e. The monoisotopic (exact) mass is 335 g/mol. The van der Waals surface area contributed by atoms with E-state index >= 15 is 0 Å². The quantitative estimate of drug-likeness (QED) is 0.619. The Hall–Kier alpha value is -2.99. The molecule has 6 heteroatoms. The van der Waals surface area contributed by atoms with Gasteiger partial charge in [-0.1, -0.05) is 24.3 Å². The van der Waals surface area contributed by atoms with Gasteiger partial charge in [-0.2, -0.15) is 5.10 Å². The summed E-state index contributed by atoms with van der Waals surface area (Å²) in [5, 5.41) is 7.44. The fourth-order valence-electron chi connectivity index (χ4n) is 2.44. The fourth-order valence-corrected chi connectivity index (χ4v) is 3.44. The van der Waals surface area contributed by atoms with Gasteiger partial charge in [0, 0.05) is 17.2 Å². The van der Waals surface area contributed by atoms with Crippen LogP contribution < -0.4 is 10.3 Å². The van der Waals surface area contributed by atoms with Crippen LogP contribution in [0.3, 0.4) is 0 Å². The van der Waals surface area contributed by atoms with E-state index in [0.29, 0.717) is 0 Å². The molecule has 0 bridgehead atoms. The van der Waals surface area contributed by atoms with Gasteiger partial charge >= 0.3 is 0 Å². The number of thiazole rings is 1. The van der Waals surface area contributed by atoms with Crippen molar-refractivity contribution >= 4 is 21.6 Å². The highest BCUT2D eigenvalue weighted by atomic mass is 32.1. The van der Waals surface area contributed by atoms with Crippen molar-refractivity contribution in [2.75, 3.05) is 7.11 Å². The SMILES string of the molecule is COc1ccc2nc(-c3ccc(-c4ccc(=O)[nH]n4)cc3)sc2c1. The molecule has 0 saturated carbocycles. The number of hydrogen-bond acceptors (Lipinski definition) is 5. The number of fused-ring (bicyclic) bond motifs is 1. The van der Waals surface area contributed by atoms with E-state index in [-0.39, 0.29) is 5.56 Å². The normalized spacial score (nSPS) is 10.9. The number of methoxy groups -OCH3 is 1. The van der Waals surface area contributed by atoms with E-state index in [1.54, 1.807) is 24.5 Å². The molecule has 4 aromatic rings. The van der Waals surface area contributed by atoms with E-state index < -0.39 is 0 Å². The van der Waals surface area contributed by atoms with Crippen molar-refractivity contribution in [2.24, 2.45) is 0 Å². The lowest BCUT2D eigenvalue weighted by Gasteiger charge is -2.01. The molecule has 0 unspecified atom stereocenters. The van der Waals surface area contributed by atoms with Crippen LogP contribution in [-0.4, -0.2) is 22.3 Å². The number of ether oxygens (including phenoxy) is 1. The third-order valence-electron chi connectivity index (χ3n) is 3.70. The number of nitrogens with zero attached hydrogens (tertiary/aromatic N) is 2. The molecule has 0 aliphatic carbocycles. The third-order valence-corrected chi connectivity index (χ3v) is 4.77. The van der Waals surface area contributed by atoms with Crippen LogP contribution in [0.5, 0.6) is 5.75 Å². The number of benzene rings is 2. The van der Waals surface area contributed by atoms with E-state index in [9.17, 15) is 4.79 Å². The zero-order chi connectivity index (χ0) is 16.5. The highest BCUT2D eigenvalue weighted by Gasteiger charge is 2.08. The number of aromatic amines is 1. The first kappa shape index (κ1) is 14.6. The molecule has 0 atom stereocenters. The second-order valence-electron chi connectivity index (χ2n) is 5.24. The summed E-state index contributed by atoms with van der Waals surface area (Å²) >= 11 is 1.63. The van der Waals surface area contributed by atoms with E-state index in [2.05, 4.69) is 15.2 Å². The van der Waals surface area contributed by atoms with Crippen LogP contribution in [0.4, 0.5) is 0 Å². The van der Waals surface area contributed by atoms with Crippen LogP contribution in [0.2, 0.25) is 0 Å². The molecule has 2 aromatic carbocycles. The van der Waals surface area contributed by atoms with Gasteiger partial charge in [-0.05, 0) is 24.3 Å². The Morgan fingerprint density at radius 1 is 1.00 bits per heavy atom. The predicted molar refractivity (Wildman–Crippen MR) is 95.5 cm³/mol. The molecular weight excluding hydrogens is 322 g/mol. The van der Waals surface area contributed by atoms with Gasteiger partial charge < -0.3 is 4.74 Å². The van der Waals surface area contributed by atoms with Crippen LogP contribution in [0.15, 0.2) is 59.4 Å². The van der Waals surface area contributed by atoms with Crippen LogP contribution in [0.1, 0.15) is 0 Å². The summed E-state index contributed by atoms with van der Waals surface area (Å²) in [5.41, 5.74) is 3.47. The molecule has 0 fully saturated rings. The van der Waals surface area contributed by atoms with Crippen LogP contribution in [0.25, 0.3) is 32.0 Å². The summed E-state index contributed by atoms with van der Waals surface area (Å²) in [7, 11) is 1.66. The lowest BCUT2D eigenvalue weighted by Crippen LogP contribution is -2.05. The zero-order valence-corrected chi connectivity index (χ0v) is 13.6. The number of hydrogen-bond donors (Lipinski definition) is 1. The minimum atomic E-state index is -0.208. The van der Waals surface area contributed by atoms with E-state index in [0.717, 1.165) is 37.8 Å². The molecule has 24 heavy (non-hydrogen) atoms. The molecule has 118 valence electrons. The first-order valence-electron chi connectivity index (χ1n) is 7.34. The number of aromatic nitrogens is 3. The van der Waals surface area contributed by atoms with Crippen molar-refractivity contribution in [2.45, 2.75) is 0 Å². The summed E-state index contributed by atoms with van der Waals surface area (Å²) < 4.78 is 6.35. The van der Waals surface area contributed by atoms with Gasteiger partial charge in [0.1, 0.15) is 10.8 Å². The number of nitrogens with one attached hydrogen (secondary N) is 1. The van der Waals surface area contributed by atoms with Crippen molar-refractivity contribution in [3.05, 3.63) is 65.0 Å². The Bertz CT molecular complexity index is 1050. The second-order valence-corrected chi connectivity index (χ2v) is 6.27. The maximum absolute atomic E-state index is 11.1. The Kier molecular flexibility index (Phi) is 3.59. The molecule has 0 saturated heterocycles. The van der Waals surface area contributed by atoms with E-state index in [1.807, 2.05) is 42.5 Å². The van der Waals surface area contributed by atoms with Crippen molar-refractivity contribution in [1.82, 2.24) is 15.2 Å². The molecule has 0 radical (unpaired) electrons. The number of H-pyrrole nitrogens is 1. The smallest absolute Gasteiger partial charge is 0.264 e. The predicted octanol–water partition coefficient (Wildman–Crippen LogP) is 3.72. The largest absolute Gasteiger partial charge is 0.497 e. The van der Waals surface area contributed by atoms with Gasteiger partial charge in [0.25, 0.3) is 5.56 Å². The molecule has 5 nitrogen and oxygen atoms in total. The minimum Gasteiger partial charge on any atom is -0.497 e. The first-order valence-corrected chi connectivity index (χ1v) is 8.16. The molecular formula is C18H13N3O2S. The summed E-state index contributed by atoms with van der Waals surface area (Å²) in [6.45, 7) is 0. The van der Waals surface area contributed by atoms with E-state index in [1.165, 1.54) is 6.07 Å². The van der Waals surface area contributed by atoms with Crippen molar-refractivity contribution in [1.29, 1.82) is 0 Å². The average Bonchev–Trinajstić information content (AvgIpc) is 3.05. The van der Waals surface area contributed by atoms with Gasteiger partial charge in [-0.3, -0.25) is 4.79 Å². The standard InChI is InChI=1S/C18H13N3O2S/c1-23-13-6-7-15-16(10-13)24-18(19-15)12-4-2-11(3-5-12)14-8-9-17(22)21-20-14/h2-10H,1H3,(H,21,22). The Balaban J connectivity index is 1.69. The highest BCUT2D eigenvalue weighted by Crippen LogP contribution is 2.33. The Morgan fingerprint density at radius 3 is 2.50 bits per heavy atom. The van der Waals surface area contributed by atoms with Crippen molar-refractivity contribution < 1.29 is 4.74 Å². The first-order chi connectivity index (χ1) is 11.7. The van der Waals surface area contributed by atoms with Gasteiger partial charge in [0.15, 0.2) is 0 Å². The van der Waals surface area contributed by atoms with Gasteiger partial charge in [-0.15, -0.1) is 11.3 Å². The molecule has 0 aliphatic heterocycles. The topological polar surface area (TPSA) is 67.9 Å². The average molecular weight is 335 g/mol.